The molecule has 0 aliphatic rings. The van der Waals surface area contributed by atoms with Gasteiger partial charge in [-0.2, -0.15) is 5.26 Å². The Labute approximate surface area is 114 Å². The van der Waals surface area contributed by atoms with Crippen molar-refractivity contribution >= 4 is 5.69 Å². The van der Waals surface area contributed by atoms with Crippen molar-refractivity contribution in [3.8, 4) is 17.2 Å². The summed E-state index contributed by atoms with van der Waals surface area (Å²) in [6.45, 7) is 4.18. The Bertz CT molecular complexity index is 649. The van der Waals surface area contributed by atoms with Crippen LogP contribution in [0.4, 0.5) is 5.69 Å². The molecule has 0 bridgehead atoms. The molecule has 0 amide bonds. The highest BCUT2D eigenvalue weighted by Gasteiger charge is 2.07. The SMILES string of the molecule is Cc1cc(C#N)ccc1-c1ccc(N(C)C)cc1C. The van der Waals surface area contributed by atoms with Crippen LogP contribution in [0.5, 0.6) is 0 Å². The summed E-state index contributed by atoms with van der Waals surface area (Å²) in [4.78, 5) is 2.10. The van der Waals surface area contributed by atoms with E-state index in [4.69, 9.17) is 5.26 Å². The van der Waals surface area contributed by atoms with Crippen molar-refractivity contribution in [1.29, 1.82) is 5.26 Å². The van der Waals surface area contributed by atoms with Gasteiger partial charge >= 0.3 is 0 Å². The maximum Gasteiger partial charge on any atom is 0.0991 e. The third-order valence-corrected chi connectivity index (χ3v) is 3.37. The monoisotopic (exact) mass is 250 g/mol. The molecule has 96 valence electrons. The fourth-order valence-electron chi connectivity index (χ4n) is 2.26. The van der Waals surface area contributed by atoms with Crippen LogP contribution in [-0.2, 0) is 0 Å². The number of anilines is 1. The van der Waals surface area contributed by atoms with Gasteiger partial charge in [-0.15, -0.1) is 0 Å². The normalized spacial score (nSPS) is 10.1. The largest absolute Gasteiger partial charge is 0.378 e. The zero-order valence-electron chi connectivity index (χ0n) is 11.9. The first-order valence-corrected chi connectivity index (χ1v) is 6.32. The van der Waals surface area contributed by atoms with E-state index < -0.39 is 0 Å². The number of aryl methyl sites for hydroxylation is 2. The van der Waals surface area contributed by atoms with Crippen LogP contribution in [0, 0.1) is 25.2 Å². The van der Waals surface area contributed by atoms with E-state index in [0.29, 0.717) is 5.56 Å². The molecule has 0 N–H and O–H groups in total. The van der Waals surface area contributed by atoms with Gasteiger partial charge in [-0.1, -0.05) is 12.1 Å². The van der Waals surface area contributed by atoms with Crippen molar-refractivity contribution in [2.24, 2.45) is 0 Å². The van der Waals surface area contributed by atoms with E-state index in [-0.39, 0.29) is 0 Å². The van der Waals surface area contributed by atoms with Gasteiger partial charge in [0.15, 0.2) is 0 Å². The van der Waals surface area contributed by atoms with E-state index in [1.807, 2.05) is 32.3 Å². The first kappa shape index (κ1) is 13.2. The average molecular weight is 250 g/mol. The van der Waals surface area contributed by atoms with Crippen molar-refractivity contribution in [1.82, 2.24) is 0 Å². The van der Waals surface area contributed by atoms with E-state index in [1.54, 1.807) is 0 Å². The fourth-order valence-corrected chi connectivity index (χ4v) is 2.26. The molecule has 0 aliphatic carbocycles. The molecule has 2 rings (SSSR count). The Hall–Kier alpha value is -2.27. The summed E-state index contributed by atoms with van der Waals surface area (Å²) in [5.74, 6) is 0. The van der Waals surface area contributed by atoms with Gasteiger partial charge in [-0.25, -0.2) is 0 Å². The Morgan fingerprint density at radius 3 is 1.95 bits per heavy atom. The summed E-state index contributed by atoms with van der Waals surface area (Å²) >= 11 is 0. The third kappa shape index (κ3) is 2.61. The van der Waals surface area contributed by atoms with Crippen LogP contribution in [0.25, 0.3) is 11.1 Å². The van der Waals surface area contributed by atoms with Crippen LogP contribution in [0.1, 0.15) is 16.7 Å². The first-order chi connectivity index (χ1) is 9.02. The smallest absolute Gasteiger partial charge is 0.0991 e. The molecule has 0 saturated heterocycles. The molecule has 0 radical (unpaired) electrons. The molecule has 0 spiro atoms. The molecule has 19 heavy (non-hydrogen) atoms. The lowest BCUT2D eigenvalue weighted by Crippen LogP contribution is -2.08. The molecular formula is C17H18N2. The van der Waals surface area contributed by atoms with E-state index in [2.05, 4.69) is 43.0 Å². The highest BCUT2D eigenvalue weighted by molar-refractivity contribution is 5.73. The van der Waals surface area contributed by atoms with E-state index in [9.17, 15) is 0 Å². The van der Waals surface area contributed by atoms with Gasteiger partial charge < -0.3 is 4.90 Å². The van der Waals surface area contributed by atoms with E-state index >= 15 is 0 Å². The van der Waals surface area contributed by atoms with Gasteiger partial charge in [0.05, 0.1) is 11.6 Å². The summed E-state index contributed by atoms with van der Waals surface area (Å²) in [7, 11) is 4.09. The molecule has 0 saturated carbocycles. The standard InChI is InChI=1S/C17H18N2/c1-12-9-14(11-18)5-7-16(12)17-8-6-15(19(3)4)10-13(17)2/h5-10H,1-4H3. The van der Waals surface area contributed by atoms with Gasteiger partial charge in [0, 0.05) is 19.8 Å². The third-order valence-electron chi connectivity index (χ3n) is 3.37. The molecule has 0 fully saturated rings. The minimum absolute atomic E-state index is 0.712. The van der Waals surface area contributed by atoms with Gasteiger partial charge in [0.1, 0.15) is 0 Å². The van der Waals surface area contributed by atoms with Gasteiger partial charge in [0.25, 0.3) is 0 Å². The molecule has 0 aliphatic heterocycles. The number of rotatable bonds is 2. The molecular weight excluding hydrogens is 232 g/mol. The van der Waals surface area contributed by atoms with Crippen molar-refractivity contribution in [3.05, 3.63) is 53.1 Å². The number of nitriles is 1. The van der Waals surface area contributed by atoms with Gasteiger partial charge in [-0.05, 0) is 60.4 Å². The van der Waals surface area contributed by atoms with E-state index in [1.165, 1.54) is 22.4 Å². The Balaban J connectivity index is 2.51. The highest BCUT2D eigenvalue weighted by Crippen LogP contribution is 2.29. The predicted molar refractivity (Wildman–Crippen MR) is 80.4 cm³/mol. The Morgan fingerprint density at radius 1 is 0.895 bits per heavy atom. The Morgan fingerprint density at radius 2 is 1.47 bits per heavy atom. The maximum absolute atomic E-state index is 8.92. The van der Waals surface area contributed by atoms with Crippen LogP contribution in [-0.4, -0.2) is 14.1 Å². The molecule has 2 nitrogen and oxygen atoms in total. The molecule has 2 heteroatoms. The van der Waals surface area contributed by atoms with Crippen molar-refractivity contribution in [2.75, 3.05) is 19.0 Å². The van der Waals surface area contributed by atoms with Crippen LogP contribution in [0.15, 0.2) is 36.4 Å². The molecule has 2 aromatic carbocycles. The van der Waals surface area contributed by atoms with Crippen LogP contribution in [0.3, 0.4) is 0 Å². The minimum Gasteiger partial charge on any atom is -0.378 e. The quantitative estimate of drug-likeness (QED) is 0.808. The van der Waals surface area contributed by atoms with E-state index in [0.717, 1.165) is 5.56 Å². The summed E-state index contributed by atoms with van der Waals surface area (Å²) in [5.41, 5.74) is 6.73. The lowest BCUT2D eigenvalue weighted by atomic mass is 9.95. The molecule has 2 aromatic rings. The molecule has 0 aromatic heterocycles. The van der Waals surface area contributed by atoms with Crippen LogP contribution in [0.2, 0.25) is 0 Å². The molecule has 0 atom stereocenters. The number of hydrogen-bond acceptors (Lipinski definition) is 2. The zero-order chi connectivity index (χ0) is 14.0. The second-order valence-electron chi connectivity index (χ2n) is 5.04. The summed E-state index contributed by atoms with van der Waals surface area (Å²) in [6.07, 6.45) is 0. The lowest BCUT2D eigenvalue weighted by molar-refractivity contribution is 1.13. The number of nitrogens with zero attached hydrogens (tertiary/aromatic N) is 2. The topological polar surface area (TPSA) is 27.0 Å². The first-order valence-electron chi connectivity index (χ1n) is 6.32. The second-order valence-corrected chi connectivity index (χ2v) is 5.04. The predicted octanol–water partition coefficient (Wildman–Crippen LogP) is 3.91. The summed E-state index contributed by atoms with van der Waals surface area (Å²) in [6, 6.07) is 14.5. The number of benzene rings is 2. The summed E-state index contributed by atoms with van der Waals surface area (Å²) < 4.78 is 0. The lowest BCUT2D eigenvalue weighted by Gasteiger charge is -2.16. The fraction of sp³-hybridized carbons (Fsp3) is 0.235. The van der Waals surface area contributed by atoms with Crippen molar-refractivity contribution in [3.63, 3.8) is 0 Å². The van der Waals surface area contributed by atoms with Gasteiger partial charge in [0.2, 0.25) is 0 Å². The Kier molecular flexibility index (Phi) is 3.57. The average Bonchev–Trinajstić information content (AvgIpc) is 2.39. The minimum atomic E-state index is 0.712. The second kappa shape index (κ2) is 5.16. The zero-order valence-corrected chi connectivity index (χ0v) is 11.9. The van der Waals surface area contributed by atoms with Crippen molar-refractivity contribution in [2.45, 2.75) is 13.8 Å². The van der Waals surface area contributed by atoms with Crippen molar-refractivity contribution < 1.29 is 0 Å². The van der Waals surface area contributed by atoms with Gasteiger partial charge in [-0.3, -0.25) is 0 Å². The highest BCUT2D eigenvalue weighted by atomic mass is 15.1. The summed E-state index contributed by atoms with van der Waals surface area (Å²) in [5, 5.41) is 8.92. The maximum atomic E-state index is 8.92. The van der Waals surface area contributed by atoms with Crippen LogP contribution >= 0.6 is 0 Å². The number of hydrogen-bond donors (Lipinski definition) is 0. The van der Waals surface area contributed by atoms with Crippen LogP contribution < -0.4 is 4.90 Å². The molecule has 0 heterocycles. The molecule has 0 unspecified atom stereocenters.